The molecule has 0 fully saturated rings. The molecule has 0 bridgehead atoms. The summed E-state index contributed by atoms with van der Waals surface area (Å²) < 4.78 is 0. The molecule has 0 nitrogen and oxygen atoms in total. The molecule has 0 radical (unpaired) electrons. The Hall–Kier alpha value is -0.260. The molecule has 0 aromatic carbocycles. The Morgan fingerprint density at radius 1 is 1.18 bits per heavy atom. The van der Waals surface area contributed by atoms with E-state index in [2.05, 4.69) is 33.8 Å². The van der Waals surface area contributed by atoms with E-state index >= 15 is 0 Å². The Morgan fingerprint density at radius 2 is 1.64 bits per heavy atom. The summed E-state index contributed by atoms with van der Waals surface area (Å²) in [6.45, 7) is 8.95. The Morgan fingerprint density at radius 3 is 1.91 bits per heavy atom. The van der Waals surface area contributed by atoms with Gasteiger partial charge in [-0.3, -0.25) is 0 Å². The smallest absolute Gasteiger partial charge is 0.0206 e. The molecule has 0 N–H and O–H groups in total. The Bertz CT molecular complexity index is 105. The van der Waals surface area contributed by atoms with Crippen LogP contribution in [0.25, 0.3) is 0 Å². The highest BCUT2D eigenvalue weighted by Gasteiger charge is 2.06. The maximum atomic E-state index is 2.27. The van der Waals surface area contributed by atoms with Crippen molar-refractivity contribution in [1.82, 2.24) is 0 Å². The average Bonchev–Trinajstić information content (AvgIpc) is 2.03. The molecule has 0 spiro atoms. The van der Waals surface area contributed by atoms with Crippen molar-refractivity contribution in [2.24, 2.45) is 5.92 Å². The molecule has 0 aromatic rings. The lowest BCUT2D eigenvalue weighted by Crippen LogP contribution is -2.00. The van der Waals surface area contributed by atoms with Crippen LogP contribution in [0.15, 0.2) is 11.6 Å². The van der Waals surface area contributed by atoms with Crippen molar-refractivity contribution in [2.45, 2.75) is 53.4 Å². The van der Waals surface area contributed by atoms with E-state index in [0.717, 1.165) is 5.92 Å². The molecule has 0 aliphatic rings. The number of hydrogen-bond donors (Lipinski definition) is 0. The predicted molar refractivity (Wildman–Crippen MR) is 52.7 cm³/mol. The molecule has 0 heterocycles. The third-order valence-corrected chi connectivity index (χ3v) is 2.37. The second-order valence-electron chi connectivity index (χ2n) is 3.31. The van der Waals surface area contributed by atoms with E-state index in [9.17, 15) is 0 Å². The molecule has 66 valence electrons. The summed E-state index contributed by atoms with van der Waals surface area (Å²) in [6.07, 6.45) is 7.62. The first-order valence-corrected chi connectivity index (χ1v) is 4.89. The quantitative estimate of drug-likeness (QED) is 0.521. The standard InChI is InChI=1S/C11H22/c1-5-8-11(9-6-2)10(4)7-3/h7,11H,5-6,8-9H2,1-4H3. The molecule has 0 atom stereocenters. The van der Waals surface area contributed by atoms with Crippen molar-refractivity contribution in [1.29, 1.82) is 0 Å². The minimum Gasteiger partial charge on any atom is -0.0885 e. The molecule has 0 aromatic heterocycles. The van der Waals surface area contributed by atoms with Crippen LogP contribution in [0, 0.1) is 5.92 Å². The first-order chi connectivity index (χ1) is 5.26. The maximum Gasteiger partial charge on any atom is -0.0206 e. The van der Waals surface area contributed by atoms with Crippen LogP contribution in [0.1, 0.15) is 53.4 Å². The van der Waals surface area contributed by atoms with Crippen molar-refractivity contribution >= 4 is 0 Å². The lowest BCUT2D eigenvalue weighted by atomic mass is 9.91. The van der Waals surface area contributed by atoms with Gasteiger partial charge < -0.3 is 0 Å². The number of hydrogen-bond acceptors (Lipinski definition) is 0. The summed E-state index contributed by atoms with van der Waals surface area (Å²) in [4.78, 5) is 0. The predicted octanol–water partition coefficient (Wildman–Crippen LogP) is 4.17. The summed E-state index contributed by atoms with van der Waals surface area (Å²) >= 11 is 0. The van der Waals surface area contributed by atoms with Crippen LogP contribution in [0.5, 0.6) is 0 Å². The van der Waals surface area contributed by atoms with E-state index in [4.69, 9.17) is 0 Å². The van der Waals surface area contributed by atoms with E-state index < -0.39 is 0 Å². The van der Waals surface area contributed by atoms with Crippen LogP contribution in [0.4, 0.5) is 0 Å². The largest absolute Gasteiger partial charge is 0.0885 e. The molecule has 0 aliphatic carbocycles. The van der Waals surface area contributed by atoms with Gasteiger partial charge in [-0.15, -0.1) is 0 Å². The number of rotatable bonds is 5. The van der Waals surface area contributed by atoms with Crippen molar-refractivity contribution in [3.63, 3.8) is 0 Å². The molecule has 0 aliphatic heterocycles. The fourth-order valence-corrected chi connectivity index (χ4v) is 1.53. The highest BCUT2D eigenvalue weighted by atomic mass is 14.1. The first kappa shape index (κ1) is 10.7. The van der Waals surface area contributed by atoms with Crippen LogP contribution < -0.4 is 0 Å². The summed E-state index contributed by atoms with van der Waals surface area (Å²) in [7, 11) is 0. The molecular weight excluding hydrogens is 132 g/mol. The van der Waals surface area contributed by atoms with Crippen molar-refractivity contribution in [3.05, 3.63) is 11.6 Å². The minimum absolute atomic E-state index is 0.856. The average molecular weight is 154 g/mol. The second kappa shape index (κ2) is 6.45. The summed E-state index contributed by atoms with van der Waals surface area (Å²) in [5.74, 6) is 0.856. The molecule has 0 unspecified atom stereocenters. The third kappa shape index (κ3) is 4.23. The zero-order valence-corrected chi connectivity index (χ0v) is 8.48. The van der Waals surface area contributed by atoms with E-state index in [0.29, 0.717) is 0 Å². The molecule has 0 saturated carbocycles. The topological polar surface area (TPSA) is 0 Å². The normalized spacial score (nSPS) is 12.6. The van der Waals surface area contributed by atoms with Gasteiger partial charge >= 0.3 is 0 Å². The Kier molecular flexibility index (Phi) is 6.30. The van der Waals surface area contributed by atoms with Crippen LogP contribution in [0.3, 0.4) is 0 Å². The molecule has 0 rings (SSSR count). The van der Waals surface area contributed by atoms with Crippen LogP contribution in [-0.4, -0.2) is 0 Å². The van der Waals surface area contributed by atoms with Gasteiger partial charge in [0.2, 0.25) is 0 Å². The monoisotopic (exact) mass is 154 g/mol. The van der Waals surface area contributed by atoms with Crippen LogP contribution >= 0.6 is 0 Å². The SMILES string of the molecule is CC=C(C)C(CCC)CCC. The van der Waals surface area contributed by atoms with E-state index in [-0.39, 0.29) is 0 Å². The van der Waals surface area contributed by atoms with Gasteiger partial charge in [-0.25, -0.2) is 0 Å². The van der Waals surface area contributed by atoms with Gasteiger partial charge in [-0.1, -0.05) is 38.3 Å². The third-order valence-electron chi connectivity index (χ3n) is 2.37. The molecule has 11 heavy (non-hydrogen) atoms. The molecule has 0 amide bonds. The van der Waals surface area contributed by atoms with Gasteiger partial charge in [0.25, 0.3) is 0 Å². The van der Waals surface area contributed by atoms with Gasteiger partial charge in [-0.05, 0) is 32.6 Å². The van der Waals surface area contributed by atoms with Crippen molar-refractivity contribution in [2.75, 3.05) is 0 Å². The molecule has 0 heteroatoms. The highest BCUT2D eigenvalue weighted by Crippen LogP contribution is 2.21. The van der Waals surface area contributed by atoms with E-state index in [1.54, 1.807) is 5.57 Å². The highest BCUT2D eigenvalue weighted by molar-refractivity contribution is 5.01. The van der Waals surface area contributed by atoms with E-state index in [1.165, 1.54) is 25.7 Å². The second-order valence-corrected chi connectivity index (χ2v) is 3.31. The van der Waals surface area contributed by atoms with Crippen LogP contribution in [-0.2, 0) is 0 Å². The molecule has 0 saturated heterocycles. The van der Waals surface area contributed by atoms with Crippen molar-refractivity contribution < 1.29 is 0 Å². The minimum atomic E-state index is 0.856. The van der Waals surface area contributed by atoms with Gasteiger partial charge in [0, 0.05) is 0 Å². The number of allylic oxidation sites excluding steroid dienone is 2. The Labute approximate surface area is 71.7 Å². The molecular formula is C11H22. The maximum absolute atomic E-state index is 2.27. The summed E-state index contributed by atoms with van der Waals surface area (Å²) in [6, 6.07) is 0. The fraction of sp³-hybridized carbons (Fsp3) is 0.818. The van der Waals surface area contributed by atoms with Gasteiger partial charge in [0.1, 0.15) is 0 Å². The summed E-state index contributed by atoms with van der Waals surface area (Å²) in [5.41, 5.74) is 1.58. The lowest BCUT2D eigenvalue weighted by molar-refractivity contribution is 0.503. The van der Waals surface area contributed by atoms with Gasteiger partial charge in [-0.2, -0.15) is 0 Å². The zero-order valence-electron chi connectivity index (χ0n) is 8.48. The Balaban J connectivity index is 3.87. The van der Waals surface area contributed by atoms with Crippen molar-refractivity contribution in [3.8, 4) is 0 Å². The lowest BCUT2D eigenvalue weighted by Gasteiger charge is -2.15. The fourth-order valence-electron chi connectivity index (χ4n) is 1.53. The summed E-state index contributed by atoms with van der Waals surface area (Å²) in [5, 5.41) is 0. The van der Waals surface area contributed by atoms with E-state index in [1.807, 2.05) is 0 Å². The van der Waals surface area contributed by atoms with Gasteiger partial charge in [0.15, 0.2) is 0 Å². The van der Waals surface area contributed by atoms with Gasteiger partial charge in [0.05, 0.1) is 0 Å². The van der Waals surface area contributed by atoms with Crippen LogP contribution in [0.2, 0.25) is 0 Å². The zero-order chi connectivity index (χ0) is 8.69. The first-order valence-electron chi connectivity index (χ1n) is 4.89.